The van der Waals surface area contributed by atoms with Crippen LogP contribution in [0.1, 0.15) is 83.5 Å². The van der Waals surface area contributed by atoms with Crippen molar-refractivity contribution in [3.05, 3.63) is 65.7 Å². The lowest BCUT2D eigenvalue weighted by Crippen LogP contribution is -2.58. The molecule has 2 aliphatic heterocycles. The van der Waals surface area contributed by atoms with Gasteiger partial charge in [0, 0.05) is 28.3 Å². The van der Waals surface area contributed by atoms with Crippen molar-refractivity contribution in [2.75, 3.05) is 6.54 Å². The van der Waals surface area contributed by atoms with Crippen LogP contribution in [0.4, 0.5) is 4.79 Å². The number of nitrogens with one attached hydrogen (secondary N) is 3. The first kappa shape index (κ1) is 40.2. The molecule has 0 radical (unpaired) electrons. The van der Waals surface area contributed by atoms with Crippen LogP contribution in [-0.2, 0) is 29.1 Å². The lowest BCUT2D eigenvalue weighted by atomic mass is 10.0. The summed E-state index contributed by atoms with van der Waals surface area (Å²) in [5, 5.41) is 6.20. The van der Waals surface area contributed by atoms with Gasteiger partial charge in [-0.2, -0.15) is 4.98 Å². The van der Waals surface area contributed by atoms with Gasteiger partial charge in [0.1, 0.15) is 40.9 Å². The van der Waals surface area contributed by atoms with Gasteiger partial charge in [-0.25, -0.2) is 18.2 Å². The zero-order valence-electron chi connectivity index (χ0n) is 32.9. The highest BCUT2D eigenvalue weighted by Crippen LogP contribution is 2.46. The van der Waals surface area contributed by atoms with E-state index in [1.54, 1.807) is 18.2 Å². The summed E-state index contributed by atoms with van der Waals surface area (Å²) < 4.78 is 46.7. The summed E-state index contributed by atoms with van der Waals surface area (Å²) in [6, 6.07) is 12.3. The van der Waals surface area contributed by atoms with Crippen LogP contribution >= 0.6 is 11.6 Å². The Morgan fingerprint density at radius 1 is 0.950 bits per heavy atom. The molecule has 4 heterocycles. The van der Waals surface area contributed by atoms with E-state index in [0.717, 1.165) is 38.5 Å². The minimum Gasteiger partial charge on any atom is -0.470 e. The minimum absolute atomic E-state index is 0.0202. The highest BCUT2D eigenvalue weighted by molar-refractivity contribution is 7.91. The van der Waals surface area contributed by atoms with Gasteiger partial charge < -0.3 is 29.4 Å². The number of ether oxygens (including phenoxy) is 2. The van der Waals surface area contributed by atoms with Crippen LogP contribution in [-0.4, -0.2) is 88.7 Å². The smallest absolute Gasteiger partial charge is 0.408 e. The molecular formula is C43H47ClN6O9S. The Morgan fingerprint density at radius 2 is 1.73 bits per heavy atom. The second-order valence-corrected chi connectivity index (χ2v) is 19.0. The molecule has 5 atom stereocenters. The summed E-state index contributed by atoms with van der Waals surface area (Å²) in [6.45, 7) is -0.0798. The molecule has 15 nitrogen and oxygen atoms in total. The molecule has 0 spiro atoms. The molecule has 4 fully saturated rings. The van der Waals surface area contributed by atoms with Crippen molar-refractivity contribution in [1.29, 1.82) is 0 Å². The molecule has 3 saturated carbocycles. The van der Waals surface area contributed by atoms with Gasteiger partial charge in [-0.3, -0.25) is 19.1 Å². The van der Waals surface area contributed by atoms with E-state index < -0.39 is 68.7 Å². The summed E-state index contributed by atoms with van der Waals surface area (Å²) in [5.41, 5.74) is 0.399. The number of sulfonamides is 1. The first-order valence-corrected chi connectivity index (χ1v) is 22.8. The summed E-state index contributed by atoms with van der Waals surface area (Å²) in [7, 11) is -3.92. The molecule has 0 bridgehead atoms. The van der Waals surface area contributed by atoms with Gasteiger partial charge in [0.25, 0.3) is 11.8 Å². The fourth-order valence-corrected chi connectivity index (χ4v) is 10.3. The predicted molar refractivity (Wildman–Crippen MR) is 221 cm³/mol. The van der Waals surface area contributed by atoms with Crippen LogP contribution in [0.2, 0.25) is 5.02 Å². The molecule has 60 heavy (non-hydrogen) atoms. The number of furan rings is 1. The molecule has 2 aromatic heterocycles. The second kappa shape index (κ2) is 16.3. The number of aromatic nitrogens is 2. The number of alkyl carbamates (subject to hydrolysis) is 1. The number of allylic oxidation sites excluding steroid dienone is 1. The Balaban J connectivity index is 1.06. The lowest BCUT2D eigenvalue weighted by Gasteiger charge is -2.30. The Morgan fingerprint density at radius 3 is 2.52 bits per heavy atom. The fourth-order valence-electron chi connectivity index (χ4n) is 8.73. The zero-order chi connectivity index (χ0) is 41.6. The molecule has 0 unspecified atom stereocenters. The third-order valence-electron chi connectivity index (χ3n) is 12.3. The summed E-state index contributed by atoms with van der Waals surface area (Å²) in [5.74, 6) is -1.96. The van der Waals surface area contributed by atoms with E-state index in [0.29, 0.717) is 65.0 Å². The standard InChI is InChI=1S/C43H47ClN6O9S/c44-27-17-20-34-31(21-27)35-36(59-34)39(47-37(46-35)25-11-5-4-6-12-25)57-29-22-33-38(51)48-43(41(53)49-60(55,56)30-18-19-30)23-26(43)13-7-2-1-3-8-16-32(40(52)50(33)24-29)45-42(54)58-28-14-9-10-15-28/h4-7,11-13,17,20-21,26,28-30,32-33H,1-3,8-10,14-16,18-19,22-24H2,(H,45,54)(H,48,51)(H,49,53)/b13-7-/t26-,29+,32-,33+,43-/m1/s1. The number of nitrogens with zero attached hydrogens (tertiary/aromatic N) is 3. The number of amides is 4. The quantitative estimate of drug-likeness (QED) is 0.174. The van der Waals surface area contributed by atoms with Crippen LogP contribution in [0.5, 0.6) is 5.88 Å². The number of benzene rings is 2. The van der Waals surface area contributed by atoms with Crippen LogP contribution < -0.4 is 20.1 Å². The average Bonchev–Trinajstić information content (AvgIpc) is 4.05. The topological polar surface area (TPSA) is 199 Å². The van der Waals surface area contributed by atoms with Gasteiger partial charge in [0.2, 0.25) is 27.4 Å². The average molecular weight is 859 g/mol. The first-order chi connectivity index (χ1) is 29.0. The molecule has 5 aliphatic rings. The van der Waals surface area contributed by atoms with E-state index in [4.69, 9.17) is 35.5 Å². The maximum Gasteiger partial charge on any atom is 0.408 e. The number of hydrogen-bond donors (Lipinski definition) is 3. The molecular weight excluding hydrogens is 812 g/mol. The molecule has 4 aromatic rings. The number of carbonyl (C=O) groups excluding carboxylic acids is 4. The van der Waals surface area contributed by atoms with Gasteiger partial charge in [-0.15, -0.1) is 0 Å². The molecule has 1 saturated heterocycles. The summed E-state index contributed by atoms with van der Waals surface area (Å²) in [6.07, 6.45) is 9.75. The van der Waals surface area contributed by atoms with E-state index in [-0.39, 0.29) is 37.0 Å². The van der Waals surface area contributed by atoms with E-state index in [9.17, 15) is 27.6 Å². The van der Waals surface area contributed by atoms with Crippen LogP contribution in [0.25, 0.3) is 33.5 Å². The molecule has 316 valence electrons. The maximum absolute atomic E-state index is 14.7. The molecule has 9 rings (SSSR count). The van der Waals surface area contributed by atoms with Crippen molar-refractivity contribution in [3.63, 3.8) is 0 Å². The highest BCUT2D eigenvalue weighted by Gasteiger charge is 2.62. The van der Waals surface area contributed by atoms with Crippen molar-refractivity contribution in [2.45, 2.75) is 119 Å². The van der Waals surface area contributed by atoms with Gasteiger partial charge in [-0.05, 0) is 82.4 Å². The van der Waals surface area contributed by atoms with E-state index in [1.807, 2.05) is 42.5 Å². The molecule has 3 N–H and O–H groups in total. The normalized spacial score (nSPS) is 27.0. The number of hydrogen-bond acceptors (Lipinski definition) is 11. The monoisotopic (exact) mass is 858 g/mol. The number of rotatable bonds is 8. The summed E-state index contributed by atoms with van der Waals surface area (Å²) in [4.78, 5) is 67.5. The zero-order valence-corrected chi connectivity index (χ0v) is 34.5. The Bertz CT molecular complexity index is 2470. The van der Waals surface area contributed by atoms with Crippen LogP contribution in [0.3, 0.4) is 0 Å². The van der Waals surface area contributed by atoms with E-state index in [2.05, 4.69) is 15.4 Å². The minimum atomic E-state index is -3.92. The number of halogens is 1. The van der Waals surface area contributed by atoms with Gasteiger partial charge >= 0.3 is 6.09 Å². The van der Waals surface area contributed by atoms with Gasteiger partial charge in [0.05, 0.1) is 11.8 Å². The number of fused-ring (bicyclic) bond motifs is 5. The van der Waals surface area contributed by atoms with Crippen molar-refractivity contribution in [2.24, 2.45) is 5.92 Å². The Hall–Kier alpha value is -5.22. The van der Waals surface area contributed by atoms with Crippen LogP contribution in [0, 0.1) is 5.92 Å². The van der Waals surface area contributed by atoms with E-state index in [1.165, 1.54) is 4.90 Å². The summed E-state index contributed by atoms with van der Waals surface area (Å²) >= 11 is 6.40. The van der Waals surface area contributed by atoms with Crippen molar-refractivity contribution < 1.29 is 41.5 Å². The molecule has 3 aliphatic carbocycles. The third kappa shape index (κ3) is 8.27. The SMILES string of the molecule is O=C(N[C@@H]1CCCCC/C=C\[C@@H]2C[C@@]2(C(=O)NS(=O)(=O)C2CC2)NC(=O)[C@@H]2C[C@H](Oc3nc(-c4ccccc4)nc4c3oc3ccc(Cl)cc34)CN2C1=O)OC1CCCC1. The largest absolute Gasteiger partial charge is 0.470 e. The van der Waals surface area contributed by atoms with Gasteiger partial charge in [-0.1, -0.05) is 66.9 Å². The number of carbonyl (C=O) groups is 4. The molecule has 17 heteroatoms. The molecule has 4 amide bonds. The van der Waals surface area contributed by atoms with E-state index >= 15 is 0 Å². The first-order valence-electron chi connectivity index (χ1n) is 20.9. The fraction of sp³-hybridized carbons (Fsp3) is 0.488. The van der Waals surface area contributed by atoms with Crippen molar-refractivity contribution in [1.82, 2.24) is 30.2 Å². The Labute approximate surface area is 352 Å². The third-order valence-corrected chi connectivity index (χ3v) is 14.3. The lowest BCUT2D eigenvalue weighted by molar-refractivity contribution is -0.141. The molecule has 2 aromatic carbocycles. The Kier molecular flexibility index (Phi) is 10.9. The van der Waals surface area contributed by atoms with Crippen molar-refractivity contribution >= 4 is 67.5 Å². The van der Waals surface area contributed by atoms with Gasteiger partial charge in [0.15, 0.2) is 5.82 Å². The highest BCUT2D eigenvalue weighted by atomic mass is 35.5. The predicted octanol–water partition coefficient (Wildman–Crippen LogP) is 6.09. The van der Waals surface area contributed by atoms with Crippen LogP contribution in [0.15, 0.2) is 65.1 Å². The van der Waals surface area contributed by atoms with Crippen molar-refractivity contribution in [3.8, 4) is 17.3 Å². The maximum atomic E-state index is 14.7. The second-order valence-electron chi connectivity index (χ2n) is 16.6.